The summed E-state index contributed by atoms with van der Waals surface area (Å²) < 4.78 is 5.32. The van der Waals surface area contributed by atoms with E-state index in [1.165, 1.54) is 24.1 Å². The van der Waals surface area contributed by atoms with Crippen LogP contribution in [-0.2, 0) is 11.3 Å². The summed E-state index contributed by atoms with van der Waals surface area (Å²) in [6.45, 7) is 0.128. The topological polar surface area (TPSA) is 223 Å². The van der Waals surface area contributed by atoms with Crippen LogP contribution in [-0.4, -0.2) is 75.7 Å². The van der Waals surface area contributed by atoms with E-state index < -0.39 is 42.7 Å². The van der Waals surface area contributed by atoms with Gasteiger partial charge in [0.1, 0.15) is 5.75 Å². The lowest BCUT2D eigenvalue weighted by atomic mass is 9.79. The Kier molecular flexibility index (Phi) is 10.4. The number of hydrogen-bond acceptors (Lipinski definition) is 10. The van der Waals surface area contributed by atoms with Gasteiger partial charge in [0.2, 0.25) is 5.91 Å². The van der Waals surface area contributed by atoms with Crippen LogP contribution in [0.25, 0.3) is 0 Å². The monoisotopic (exact) mass is 502 g/mol. The van der Waals surface area contributed by atoms with Crippen molar-refractivity contribution in [3.8, 4) is 5.75 Å². The molecule has 0 aromatic heterocycles. The molecule has 0 heterocycles. The van der Waals surface area contributed by atoms with E-state index in [4.69, 9.17) is 16.2 Å². The molecule has 0 fully saturated rings. The van der Waals surface area contributed by atoms with E-state index in [2.05, 4.69) is 0 Å². The number of carbonyl (C=O) groups is 2. The summed E-state index contributed by atoms with van der Waals surface area (Å²) in [5.41, 5.74) is 10.7. The number of hydrogen-bond donors (Lipinski definition) is 6. The van der Waals surface area contributed by atoms with Crippen molar-refractivity contribution >= 4 is 42.7 Å². The van der Waals surface area contributed by atoms with E-state index in [1.807, 2.05) is 0 Å². The van der Waals surface area contributed by atoms with E-state index in [1.54, 1.807) is 6.07 Å². The molecule has 0 saturated heterocycles. The Balaban J connectivity index is 2.39. The molecule has 2 amide bonds. The van der Waals surface area contributed by atoms with Crippen LogP contribution >= 0.6 is 0 Å². The smallest absolute Gasteiger partial charge is 0.488 e. The van der Waals surface area contributed by atoms with Gasteiger partial charge >= 0.3 is 14.2 Å². The van der Waals surface area contributed by atoms with Crippen molar-refractivity contribution in [1.29, 1.82) is 0 Å². The summed E-state index contributed by atoms with van der Waals surface area (Å²) in [5.74, 6) is -1.00. The third kappa shape index (κ3) is 7.76. The summed E-state index contributed by atoms with van der Waals surface area (Å²) in [4.78, 5) is 36.5. The molecule has 36 heavy (non-hydrogen) atoms. The molecule has 0 unspecified atom stereocenters. The van der Waals surface area contributed by atoms with E-state index >= 15 is 0 Å². The van der Waals surface area contributed by atoms with E-state index in [-0.39, 0.29) is 35.3 Å². The van der Waals surface area contributed by atoms with Gasteiger partial charge in [-0.2, -0.15) is 0 Å². The molecule has 192 valence electrons. The highest BCUT2D eigenvalue weighted by Gasteiger charge is 2.25. The maximum absolute atomic E-state index is 13.4. The lowest BCUT2D eigenvalue weighted by Crippen LogP contribution is -2.37. The summed E-state index contributed by atoms with van der Waals surface area (Å²) in [5, 5.41) is 49.2. The second kappa shape index (κ2) is 13.0. The quantitative estimate of drug-likeness (QED) is 0.0737. The Hall–Kier alpha value is -3.49. The SMILES string of the molecule is COc1cc(B(O)O)ccc1CN(CCCC[C@H](N)C(N)=O)C(=O)c1cc(B(O)O)cc([N+](=O)[O-])c1. The van der Waals surface area contributed by atoms with Gasteiger partial charge < -0.3 is 41.2 Å². The number of carbonyl (C=O) groups excluding carboxylic acids is 2. The number of primary amides is 1. The summed E-state index contributed by atoms with van der Waals surface area (Å²) in [6, 6.07) is 6.71. The van der Waals surface area contributed by atoms with Gasteiger partial charge in [0, 0.05) is 36.3 Å². The second-order valence-electron chi connectivity index (χ2n) is 8.12. The minimum Gasteiger partial charge on any atom is -0.496 e. The molecule has 0 bridgehead atoms. The maximum Gasteiger partial charge on any atom is 0.488 e. The highest BCUT2D eigenvalue weighted by molar-refractivity contribution is 6.59. The lowest BCUT2D eigenvalue weighted by Gasteiger charge is -2.25. The number of methoxy groups -OCH3 is 1. The van der Waals surface area contributed by atoms with Gasteiger partial charge in [0.05, 0.1) is 18.1 Å². The molecular weight excluding hydrogens is 474 g/mol. The fraction of sp³-hybridized carbons (Fsp3) is 0.333. The third-order valence-electron chi connectivity index (χ3n) is 5.51. The average Bonchev–Trinajstić information content (AvgIpc) is 2.84. The van der Waals surface area contributed by atoms with Gasteiger partial charge in [-0.25, -0.2) is 0 Å². The van der Waals surface area contributed by atoms with Crippen LogP contribution in [0.3, 0.4) is 0 Å². The normalized spacial score (nSPS) is 11.5. The molecule has 15 heteroatoms. The molecule has 1 atom stereocenters. The Morgan fingerprint density at radius 3 is 2.31 bits per heavy atom. The predicted molar refractivity (Wildman–Crippen MR) is 132 cm³/mol. The van der Waals surface area contributed by atoms with E-state index in [9.17, 15) is 39.8 Å². The molecule has 0 saturated carbocycles. The van der Waals surface area contributed by atoms with Crippen LogP contribution < -0.4 is 27.1 Å². The predicted octanol–water partition coefficient (Wildman–Crippen LogP) is -2.41. The number of non-ortho nitro benzene ring substituents is 1. The zero-order chi connectivity index (χ0) is 27.0. The van der Waals surface area contributed by atoms with Crippen LogP contribution in [0.4, 0.5) is 5.69 Å². The molecule has 0 aliphatic carbocycles. The number of ether oxygens (including phenoxy) is 1. The van der Waals surface area contributed by atoms with E-state index in [0.29, 0.717) is 24.8 Å². The molecular formula is C21H28B2N4O9. The van der Waals surface area contributed by atoms with Gasteiger partial charge in [-0.1, -0.05) is 12.1 Å². The number of benzene rings is 2. The molecule has 0 aliphatic rings. The number of nitrogens with two attached hydrogens (primary N) is 2. The minimum absolute atomic E-state index is 0.0224. The third-order valence-corrected chi connectivity index (χ3v) is 5.51. The highest BCUT2D eigenvalue weighted by atomic mass is 16.6. The van der Waals surface area contributed by atoms with Crippen molar-refractivity contribution in [3.05, 3.63) is 57.6 Å². The van der Waals surface area contributed by atoms with Crippen molar-refractivity contribution in [2.24, 2.45) is 11.5 Å². The van der Waals surface area contributed by atoms with Crippen LogP contribution in [0.5, 0.6) is 5.75 Å². The van der Waals surface area contributed by atoms with E-state index in [0.717, 1.165) is 18.2 Å². The van der Waals surface area contributed by atoms with Crippen molar-refractivity contribution < 1.29 is 39.3 Å². The number of rotatable bonds is 13. The second-order valence-corrected chi connectivity index (χ2v) is 8.12. The van der Waals surface area contributed by atoms with Gasteiger partial charge in [0.25, 0.3) is 11.6 Å². The number of nitro benzene ring substituents is 1. The van der Waals surface area contributed by atoms with Gasteiger partial charge in [-0.15, -0.1) is 0 Å². The van der Waals surface area contributed by atoms with Gasteiger partial charge in [-0.3, -0.25) is 19.7 Å². The molecule has 2 aromatic carbocycles. The Labute approximate surface area is 207 Å². The molecule has 2 aromatic rings. The molecule has 0 radical (unpaired) electrons. The average molecular weight is 502 g/mol. The Bertz CT molecular complexity index is 1100. The van der Waals surface area contributed by atoms with Crippen LogP contribution in [0.15, 0.2) is 36.4 Å². The van der Waals surface area contributed by atoms with Crippen LogP contribution in [0, 0.1) is 10.1 Å². The van der Waals surface area contributed by atoms with Crippen molar-refractivity contribution in [1.82, 2.24) is 4.90 Å². The Morgan fingerprint density at radius 2 is 1.75 bits per heavy atom. The van der Waals surface area contributed by atoms with Crippen LogP contribution in [0.2, 0.25) is 0 Å². The van der Waals surface area contributed by atoms with Crippen molar-refractivity contribution in [3.63, 3.8) is 0 Å². The van der Waals surface area contributed by atoms with Crippen molar-refractivity contribution in [2.45, 2.75) is 31.8 Å². The van der Waals surface area contributed by atoms with Gasteiger partial charge in [0.15, 0.2) is 0 Å². The largest absolute Gasteiger partial charge is 0.496 e. The van der Waals surface area contributed by atoms with Crippen LogP contribution in [0.1, 0.15) is 35.2 Å². The Morgan fingerprint density at radius 1 is 1.08 bits per heavy atom. The fourth-order valence-electron chi connectivity index (χ4n) is 3.51. The molecule has 0 spiro atoms. The maximum atomic E-state index is 13.4. The standard InChI is InChI=1S/C21H28B2N4O9/c1-36-19-11-15(22(30)31)6-5-13(19)12-26(7-3-2-4-18(24)20(25)28)21(29)14-8-16(23(32)33)10-17(9-14)27(34)35/h5-6,8-11,18,30-33H,2-4,7,12,24H2,1H3,(H2,25,28)/t18-/m0/s1. The van der Waals surface area contributed by atoms with Crippen molar-refractivity contribution in [2.75, 3.05) is 13.7 Å². The molecule has 0 aliphatic heterocycles. The minimum atomic E-state index is -2.03. The summed E-state index contributed by atoms with van der Waals surface area (Å²) in [7, 11) is -2.38. The number of nitro groups is 1. The highest BCUT2D eigenvalue weighted by Crippen LogP contribution is 2.22. The molecule has 2 rings (SSSR count). The first-order chi connectivity index (χ1) is 16.9. The first-order valence-electron chi connectivity index (χ1n) is 11.0. The number of unbranched alkanes of at least 4 members (excludes halogenated alkanes) is 1. The lowest BCUT2D eigenvalue weighted by molar-refractivity contribution is -0.384. The summed E-state index contributed by atoms with van der Waals surface area (Å²) >= 11 is 0. The number of nitrogens with zero attached hydrogens (tertiary/aromatic N) is 2. The zero-order valence-corrected chi connectivity index (χ0v) is 19.6. The number of amides is 2. The molecule has 13 nitrogen and oxygen atoms in total. The zero-order valence-electron chi connectivity index (χ0n) is 19.6. The molecule has 8 N–H and O–H groups in total. The summed E-state index contributed by atoms with van der Waals surface area (Å²) in [6.07, 6.45) is 1.16. The van der Waals surface area contributed by atoms with Gasteiger partial charge in [-0.05, 0) is 42.3 Å². The first kappa shape index (κ1) is 28.7. The fourth-order valence-corrected chi connectivity index (χ4v) is 3.51. The first-order valence-corrected chi connectivity index (χ1v) is 11.0.